The predicted octanol–water partition coefficient (Wildman–Crippen LogP) is 1.79. The van der Waals surface area contributed by atoms with Crippen LogP contribution in [0.25, 0.3) is 0 Å². The zero-order valence-corrected chi connectivity index (χ0v) is 12.9. The number of rotatable bonds is 9. The Kier molecular flexibility index (Phi) is 8.26. The summed E-state index contributed by atoms with van der Waals surface area (Å²) >= 11 is 0. The summed E-state index contributed by atoms with van der Waals surface area (Å²) in [5.41, 5.74) is 0. The molecule has 1 heterocycles. The van der Waals surface area contributed by atoms with E-state index in [2.05, 4.69) is 23.6 Å². The predicted molar refractivity (Wildman–Crippen MR) is 78.5 cm³/mol. The summed E-state index contributed by atoms with van der Waals surface area (Å²) in [6, 6.07) is 0.662. The van der Waals surface area contributed by atoms with Crippen molar-refractivity contribution in [3.05, 3.63) is 0 Å². The summed E-state index contributed by atoms with van der Waals surface area (Å²) in [5, 5.41) is 0. The van der Waals surface area contributed by atoms with E-state index in [-0.39, 0.29) is 0 Å². The maximum absolute atomic E-state index is 11.1. The van der Waals surface area contributed by atoms with Gasteiger partial charge in [-0.25, -0.2) is 0 Å². The van der Waals surface area contributed by atoms with Gasteiger partial charge >= 0.3 is 0 Å². The van der Waals surface area contributed by atoms with Crippen LogP contribution in [-0.4, -0.2) is 67.6 Å². The second kappa shape index (κ2) is 9.45. The van der Waals surface area contributed by atoms with Crippen LogP contribution in [0.5, 0.6) is 0 Å². The molecule has 0 N–H and O–H groups in total. The molecule has 0 amide bonds. The normalized spacial score (nSPS) is 18.1. The molecule has 112 valence electrons. The molecule has 0 aliphatic carbocycles. The summed E-state index contributed by atoms with van der Waals surface area (Å²) in [6.45, 7) is 13.6. The summed E-state index contributed by atoms with van der Waals surface area (Å²) in [6.07, 6.45) is 2.19. The minimum Gasteiger partial charge on any atom is -0.380 e. The molecule has 1 saturated heterocycles. The lowest BCUT2D eigenvalue weighted by molar-refractivity contribution is -0.119. The van der Waals surface area contributed by atoms with Crippen LogP contribution in [0.2, 0.25) is 0 Å². The number of carbonyl (C=O) groups is 1. The van der Waals surface area contributed by atoms with Gasteiger partial charge in [0.25, 0.3) is 0 Å². The molecule has 0 atom stereocenters. The van der Waals surface area contributed by atoms with Crippen LogP contribution >= 0.6 is 0 Å². The smallest absolute Gasteiger partial charge is 0.132 e. The number of Topliss-reactive ketones (excluding diaryl/α,β-unsaturated/α-hetero) is 1. The van der Waals surface area contributed by atoms with Gasteiger partial charge in [0.05, 0.1) is 6.61 Å². The molecule has 4 nitrogen and oxygen atoms in total. The molecule has 19 heavy (non-hydrogen) atoms. The fourth-order valence-electron chi connectivity index (χ4n) is 2.35. The van der Waals surface area contributed by atoms with Crippen molar-refractivity contribution in [1.29, 1.82) is 0 Å². The average Bonchev–Trinajstić information content (AvgIpc) is 2.42. The summed E-state index contributed by atoms with van der Waals surface area (Å²) in [7, 11) is 0. The molecule has 0 aromatic carbocycles. The molecule has 1 aliphatic heterocycles. The average molecular weight is 270 g/mol. The number of ether oxygens (including phenoxy) is 1. The first kappa shape index (κ1) is 16.6. The summed E-state index contributed by atoms with van der Waals surface area (Å²) in [4.78, 5) is 16.1. The van der Waals surface area contributed by atoms with Gasteiger partial charge in [-0.15, -0.1) is 0 Å². The van der Waals surface area contributed by atoms with Crippen LogP contribution < -0.4 is 0 Å². The number of nitrogens with zero attached hydrogens (tertiary/aromatic N) is 2. The molecule has 0 aromatic heterocycles. The molecule has 0 unspecified atom stereocenters. The maximum atomic E-state index is 11.1. The molecule has 0 spiro atoms. The highest BCUT2D eigenvalue weighted by Gasteiger charge is 2.17. The Labute approximate surface area is 118 Å². The maximum Gasteiger partial charge on any atom is 0.132 e. The number of hydrogen-bond acceptors (Lipinski definition) is 4. The molecule has 0 radical (unpaired) electrons. The second-order valence-electron chi connectivity index (χ2n) is 5.58. The fourth-order valence-corrected chi connectivity index (χ4v) is 2.35. The van der Waals surface area contributed by atoms with E-state index in [1.807, 2.05) is 6.92 Å². The zero-order valence-electron chi connectivity index (χ0n) is 12.9. The van der Waals surface area contributed by atoms with Crippen LogP contribution in [0.15, 0.2) is 0 Å². The Morgan fingerprint density at radius 3 is 2.42 bits per heavy atom. The van der Waals surface area contributed by atoms with Gasteiger partial charge in [-0.1, -0.05) is 6.92 Å². The highest BCUT2D eigenvalue weighted by Crippen LogP contribution is 2.05. The number of piperazine rings is 1. The van der Waals surface area contributed by atoms with E-state index in [1.54, 1.807) is 0 Å². The molecule has 1 aliphatic rings. The lowest BCUT2D eigenvalue weighted by Gasteiger charge is -2.36. The van der Waals surface area contributed by atoms with Crippen LogP contribution in [0.4, 0.5) is 0 Å². The van der Waals surface area contributed by atoms with Gasteiger partial charge < -0.3 is 4.74 Å². The third kappa shape index (κ3) is 7.04. The van der Waals surface area contributed by atoms with E-state index in [0.717, 1.165) is 39.3 Å². The zero-order chi connectivity index (χ0) is 14.1. The third-order valence-corrected chi connectivity index (χ3v) is 3.83. The number of ketones is 1. The van der Waals surface area contributed by atoms with Gasteiger partial charge in [-0.2, -0.15) is 0 Å². The van der Waals surface area contributed by atoms with Crippen molar-refractivity contribution in [3.63, 3.8) is 0 Å². The van der Waals surface area contributed by atoms with Crippen LogP contribution in [0.3, 0.4) is 0 Å². The number of carbonyl (C=O) groups excluding carboxylic acids is 1. The highest BCUT2D eigenvalue weighted by atomic mass is 16.5. The van der Waals surface area contributed by atoms with E-state index in [9.17, 15) is 4.79 Å². The van der Waals surface area contributed by atoms with E-state index >= 15 is 0 Å². The molecule has 4 heteroatoms. The largest absolute Gasteiger partial charge is 0.380 e. The van der Waals surface area contributed by atoms with Crippen molar-refractivity contribution >= 4 is 5.78 Å². The molecular formula is C15H30N2O2. The molecular weight excluding hydrogens is 240 g/mol. The van der Waals surface area contributed by atoms with Crippen LogP contribution in [0.1, 0.15) is 40.0 Å². The Balaban J connectivity index is 1.95. The first-order valence-electron chi connectivity index (χ1n) is 7.69. The lowest BCUT2D eigenvalue weighted by atomic mass is 10.2. The lowest BCUT2D eigenvalue weighted by Crippen LogP contribution is -2.49. The minimum atomic E-state index is 0.341. The first-order valence-corrected chi connectivity index (χ1v) is 7.69. The minimum absolute atomic E-state index is 0.341. The topological polar surface area (TPSA) is 32.8 Å². The van der Waals surface area contributed by atoms with Gasteiger partial charge in [0, 0.05) is 58.2 Å². The fraction of sp³-hybridized carbons (Fsp3) is 0.933. The van der Waals surface area contributed by atoms with Crippen molar-refractivity contribution < 1.29 is 9.53 Å². The first-order chi connectivity index (χ1) is 9.13. The monoisotopic (exact) mass is 270 g/mol. The van der Waals surface area contributed by atoms with E-state index < -0.39 is 0 Å². The van der Waals surface area contributed by atoms with Gasteiger partial charge in [0.2, 0.25) is 0 Å². The van der Waals surface area contributed by atoms with Crippen molar-refractivity contribution in [3.8, 4) is 0 Å². The quantitative estimate of drug-likeness (QED) is 0.598. The Morgan fingerprint density at radius 2 is 1.84 bits per heavy atom. The SMILES string of the molecule is CCC(=O)CCCOCCN1CCN(C(C)C)CC1. The standard InChI is InChI=1S/C15H30N2O2/c1-4-15(18)6-5-12-19-13-11-16-7-9-17(10-8-16)14(2)3/h14H,4-13H2,1-3H3. The van der Waals surface area contributed by atoms with E-state index in [1.165, 1.54) is 13.1 Å². The van der Waals surface area contributed by atoms with Gasteiger partial charge in [-0.05, 0) is 20.3 Å². The Hall–Kier alpha value is -0.450. The van der Waals surface area contributed by atoms with Crippen molar-refractivity contribution in [2.75, 3.05) is 45.9 Å². The van der Waals surface area contributed by atoms with Crippen molar-refractivity contribution in [1.82, 2.24) is 9.80 Å². The number of hydrogen-bond donors (Lipinski definition) is 0. The van der Waals surface area contributed by atoms with E-state index in [4.69, 9.17) is 4.74 Å². The summed E-state index contributed by atoms with van der Waals surface area (Å²) < 4.78 is 5.60. The summed E-state index contributed by atoms with van der Waals surface area (Å²) in [5.74, 6) is 0.341. The molecule has 1 rings (SSSR count). The van der Waals surface area contributed by atoms with Gasteiger partial charge in [0.1, 0.15) is 5.78 Å². The van der Waals surface area contributed by atoms with E-state index in [0.29, 0.717) is 24.7 Å². The highest BCUT2D eigenvalue weighted by molar-refractivity contribution is 5.77. The van der Waals surface area contributed by atoms with Gasteiger partial charge in [-0.3, -0.25) is 14.6 Å². The molecule has 0 bridgehead atoms. The van der Waals surface area contributed by atoms with Crippen molar-refractivity contribution in [2.24, 2.45) is 0 Å². The molecule has 1 fully saturated rings. The third-order valence-electron chi connectivity index (χ3n) is 3.83. The second-order valence-corrected chi connectivity index (χ2v) is 5.58. The molecule has 0 aromatic rings. The van der Waals surface area contributed by atoms with Crippen LogP contribution in [0, 0.1) is 0 Å². The van der Waals surface area contributed by atoms with Crippen LogP contribution in [-0.2, 0) is 9.53 Å². The van der Waals surface area contributed by atoms with Crippen molar-refractivity contribution in [2.45, 2.75) is 46.1 Å². The molecule has 0 saturated carbocycles. The van der Waals surface area contributed by atoms with Gasteiger partial charge in [0.15, 0.2) is 0 Å². The Bertz CT molecular complexity index is 249. The Morgan fingerprint density at radius 1 is 1.16 bits per heavy atom.